The molecule has 1 fully saturated rings. The molecule has 0 unspecified atom stereocenters. The third kappa shape index (κ3) is 6.34. The monoisotopic (exact) mass is 560 g/mol. The molecular formula is C30H32ClF3N2O3. The summed E-state index contributed by atoms with van der Waals surface area (Å²) in [5.74, 6) is 0.122. The topological polar surface area (TPSA) is 42.0 Å². The van der Waals surface area contributed by atoms with E-state index in [1.165, 1.54) is 11.0 Å². The maximum atomic E-state index is 13.7. The van der Waals surface area contributed by atoms with Gasteiger partial charge >= 0.3 is 6.18 Å². The number of amides is 1. The Bertz CT molecular complexity index is 1300. The van der Waals surface area contributed by atoms with E-state index in [0.717, 1.165) is 40.3 Å². The van der Waals surface area contributed by atoms with E-state index in [1.807, 2.05) is 50.2 Å². The highest BCUT2D eigenvalue weighted by Crippen LogP contribution is 2.40. The van der Waals surface area contributed by atoms with Gasteiger partial charge in [-0.25, -0.2) is 0 Å². The first-order chi connectivity index (χ1) is 18.7. The molecule has 9 heteroatoms. The van der Waals surface area contributed by atoms with Gasteiger partial charge in [-0.15, -0.1) is 0 Å². The van der Waals surface area contributed by atoms with Crippen molar-refractivity contribution in [1.82, 2.24) is 4.90 Å². The Hall–Kier alpha value is -3.23. The molecule has 1 atom stereocenters. The lowest BCUT2D eigenvalue weighted by atomic mass is 9.98. The van der Waals surface area contributed by atoms with Crippen molar-refractivity contribution in [3.05, 3.63) is 82.4 Å². The van der Waals surface area contributed by atoms with Gasteiger partial charge in [0.05, 0.1) is 17.7 Å². The molecule has 0 radical (unpaired) electrons. The number of benzene rings is 3. The van der Waals surface area contributed by atoms with Gasteiger partial charge in [0, 0.05) is 54.6 Å². The van der Waals surface area contributed by atoms with Crippen LogP contribution < -0.4 is 9.64 Å². The van der Waals surface area contributed by atoms with E-state index < -0.39 is 17.6 Å². The van der Waals surface area contributed by atoms with Crippen LogP contribution in [0.15, 0.2) is 60.7 Å². The number of rotatable bonds is 8. The Labute approximate surface area is 232 Å². The van der Waals surface area contributed by atoms with Crippen LogP contribution in [0.25, 0.3) is 11.1 Å². The SMILES string of the molecule is CC[C@@H]1CN(C(=O)c2ccc(Cl)cc2C(F)(F)F)CCN1c1ccc(-c2ccccc2)c(OCCOC)c1C. The predicted octanol–water partition coefficient (Wildman–Crippen LogP) is 7.10. The highest BCUT2D eigenvalue weighted by Gasteiger charge is 2.38. The maximum absolute atomic E-state index is 13.7. The summed E-state index contributed by atoms with van der Waals surface area (Å²) in [4.78, 5) is 17.0. The Morgan fingerprint density at radius 2 is 1.79 bits per heavy atom. The average Bonchev–Trinajstić information content (AvgIpc) is 2.93. The molecule has 3 aromatic rings. The molecule has 4 rings (SSSR count). The number of carbonyl (C=O) groups excluding carboxylic acids is 1. The minimum absolute atomic E-state index is 0.0620. The summed E-state index contributed by atoms with van der Waals surface area (Å²) in [6.45, 7) is 5.92. The van der Waals surface area contributed by atoms with Crippen LogP contribution >= 0.6 is 11.6 Å². The van der Waals surface area contributed by atoms with Crippen molar-refractivity contribution >= 4 is 23.2 Å². The van der Waals surface area contributed by atoms with Gasteiger partial charge in [0.25, 0.3) is 5.91 Å². The van der Waals surface area contributed by atoms with Crippen molar-refractivity contribution in [3.63, 3.8) is 0 Å². The molecule has 0 aromatic heterocycles. The van der Waals surface area contributed by atoms with Crippen LogP contribution in [0.4, 0.5) is 18.9 Å². The third-order valence-corrected chi connectivity index (χ3v) is 7.30. The normalized spacial score (nSPS) is 15.9. The first kappa shape index (κ1) is 28.8. The van der Waals surface area contributed by atoms with Crippen LogP contribution in [0.2, 0.25) is 5.02 Å². The molecule has 1 aliphatic heterocycles. The van der Waals surface area contributed by atoms with E-state index in [2.05, 4.69) is 11.0 Å². The van der Waals surface area contributed by atoms with Crippen LogP contribution in [0, 0.1) is 6.92 Å². The fourth-order valence-corrected chi connectivity index (χ4v) is 5.24. The number of alkyl halides is 3. The highest BCUT2D eigenvalue weighted by molar-refractivity contribution is 6.30. The zero-order chi connectivity index (χ0) is 28.2. The fraction of sp³-hybridized carbons (Fsp3) is 0.367. The molecule has 0 spiro atoms. The molecule has 5 nitrogen and oxygen atoms in total. The molecule has 1 aliphatic rings. The van der Waals surface area contributed by atoms with E-state index in [4.69, 9.17) is 21.1 Å². The molecular weight excluding hydrogens is 529 g/mol. The van der Waals surface area contributed by atoms with Gasteiger partial charge in [0.1, 0.15) is 12.4 Å². The van der Waals surface area contributed by atoms with Crippen LogP contribution in [0.1, 0.15) is 34.8 Å². The van der Waals surface area contributed by atoms with Crippen molar-refractivity contribution in [2.75, 3.05) is 44.9 Å². The quantitative estimate of drug-likeness (QED) is 0.276. The van der Waals surface area contributed by atoms with Gasteiger partial charge in [-0.1, -0.05) is 48.9 Å². The van der Waals surface area contributed by atoms with Crippen LogP contribution in [-0.4, -0.2) is 56.8 Å². The minimum Gasteiger partial charge on any atom is -0.490 e. The van der Waals surface area contributed by atoms with E-state index in [1.54, 1.807) is 7.11 Å². The molecule has 0 bridgehead atoms. The first-order valence-electron chi connectivity index (χ1n) is 12.9. The Morgan fingerprint density at radius 1 is 1.05 bits per heavy atom. The smallest absolute Gasteiger partial charge is 0.417 e. The lowest BCUT2D eigenvalue weighted by molar-refractivity contribution is -0.138. The number of halogens is 4. The molecule has 1 saturated heterocycles. The molecule has 0 saturated carbocycles. The first-order valence-corrected chi connectivity index (χ1v) is 13.3. The van der Waals surface area contributed by atoms with E-state index in [-0.39, 0.29) is 23.2 Å². The highest BCUT2D eigenvalue weighted by atomic mass is 35.5. The summed E-state index contributed by atoms with van der Waals surface area (Å²) in [5, 5.41) is -0.0620. The lowest BCUT2D eigenvalue weighted by Gasteiger charge is -2.43. The summed E-state index contributed by atoms with van der Waals surface area (Å²) >= 11 is 5.81. The number of hydrogen-bond donors (Lipinski definition) is 0. The minimum atomic E-state index is -4.68. The lowest BCUT2D eigenvalue weighted by Crippen LogP contribution is -2.55. The molecule has 0 aliphatic carbocycles. The van der Waals surface area contributed by atoms with Crippen molar-refractivity contribution < 1.29 is 27.4 Å². The van der Waals surface area contributed by atoms with Crippen molar-refractivity contribution in [2.24, 2.45) is 0 Å². The Morgan fingerprint density at radius 3 is 2.46 bits per heavy atom. The van der Waals surface area contributed by atoms with Gasteiger partial charge < -0.3 is 19.3 Å². The van der Waals surface area contributed by atoms with E-state index in [9.17, 15) is 18.0 Å². The standard InChI is InChI=1S/C30H32ClF3N2O3/c1-4-23-19-35(29(37)25-11-10-22(31)18-26(25)30(32,33)34)14-15-36(23)27-13-12-24(21-8-6-5-7-9-21)28(20(27)2)39-17-16-38-3/h5-13,18,23H,4,14-17,19H2,1-3H3/t23-/m1/s1. The number of nitrogens with zero attached hydrogens (tertiary/aromatic N) is 2. The maximum Gasteiger partial charge on any atom is 0.417 e. The summed E-state index contributed by atoms with van der Waals surface area (Å²) in [6.07, 6.45) is -3.98. The second-order valence-corrected chi connectivity index (χ2v) is 9.92. The molecule has 208 valence electrons. The van der Waals surface area contributed by atoms with Gasteiger partial charge in [0.15, 0.2) is 0 Å². The molecule has 39 heavy (non-hydrogen) atoms. The van der Waals surface area contributed by atoms with Crippen LogP contribution in [0.5, 0.6) is 5.75 Å². The second kappa shape index (κ2) is 12.3. The molecule has 1 amide bonds. The van der Waals surface area contributed by atoms with Gasteiger partial charge in [0.2, 0.25) is 0 Å². The number of methoxy groups -OCH3 is 1. The number of carbonyl (C=O) groups is 1. The molecule has 1 heterocycles. The largest absolute Gasteiger partial charge is 0.490 e. The summed E-state index contributed by atoms with van der Waals surface area (Å²) in [7, 11) is 1.62. The van der Waals surface area contributed by atoms with Gasteiger partial charge in [-0.05, 0) is 49.2 Å². The van der Waals surface area contributed by atoms with Gasteiger partial charge in [-0.3, -0.25) is 4.79 Å². The summed E-state index contributed by atoms with van der Waals surface area (Å²) in [6, 6.07) is 17.3. The number of ether oxygens (including phenoxy) is 2. The molecule has 0 N–H and O–H groups in total. The number of piperazine rings is 1. The van der Waals surface area contributed by atoms with E-state index in [0.29, 0.717) is 32.7 Å². The van der Waals surface area contributed by atoms with E-state index >= 15 is 0 Å². The van der Waals surface area contributed by atoms with Gasteiger partial charge in [-0.2, -0.15) is 13.2 Å². The zero-order valence-electron chi connectivity index (χ0n) is 22.2. The second-order valence-electron chi connectivity index (χ2n) is 9.49. The van der Waals surface area contributed by atoms with Crippen molar-refractivity contribution in [2.45, 2.75) is 32.5 Å². The predicted molar refractivity (Wildman–Crippen MR) is 148 cm³/mol. The zero-order valence-corrected chi connectivity index (χ0v) is 23.0. The van der Waals surface area contributed by atoms with Crippen LogP contribution in [-0.2, 0) is 10.9 Å². The van der Waals surface area contributed by atoms with Crippen molar-refractivity contribution in [3.8, 4) is 16.9 Å². The fourth-order valence-electron chi connectivity index (χ4n) is 5.06. The number of anilines is 1. The summed E-state index contributed by atoms with van der Waals surface area (Å²) in [5.41, 5.74) is 2.54. The Balaban J connectivity index is 1.63. The van der Waals surface area contributed by atoms with Crippen molar-refractivity contribution in [1.29, 1.82) is 0 Å². The number of hydrogen-bond acceptors (Lipinski definition) is 4. The van der Waals surface area contributed by atoms with Crippen LogP contribution in [0.3, 0.4) is 0 Å². The third-order valence-electron chi connectivity index (χ3n) is 7.06. The Kier molecular flexibility index (Phi) is 9.08. The summed E-state index contributed by atoms with van der Waals surface area (Å²) < 4.78 is 52.4. The molecule has 3 aromatic carbocycles. The average molecular weight is 561 g/mol.